The average Bonchev–Trinajstić information content (AvgIpc) is 4.03. The highest BCUT2D eigenvalue weighted by molar-refractivity contribution is 6.33. The van der Waals surface area contributed by atoms with E-state index >= 15 is 14.4 Å². The number of hydrogen-bond acceptors (Lipinski definition) is 12. The maximum absolute atomic E-state index is 15.6. The number of carbonyl (C=O) groups excluding carboxylic acids is 3. The SMILES string of the molecule is CCNC1C=C2C=CCC3CCCCC(C)(CC4=CNC(N)C=C4)Cc4cccc5c4C(=O)C4(OC4(CC(CO)=C(C)CC4CCC6CC(NC)NC7=C6C4=CCN7)C5=O)C(=O)OCC1CC23. The molecule has 12 heteroatoms. The van der Waals surface area contributed by atoms with Gasteiger partial charge in [0.1, 0.15) is 5.82 Å². The van der Waals surface area contributed by atoms with E-state index in [1.807, 2.05) is 38.4 Å². The molecule has 1 aromatic rings. The van der Waals surface area contributed by atoms with E-state index in [0.717, 1.165) is 99.8 Å². The summed E-state index contributed by atoms with van der Waals surface area (Å²) in [4.78, 5) is 46.2. The number of allylic oxidation sites excluding steroid dienone is 8. The van der Waals surface area contributed by atoms with Crippen LogP contribution in [0.1, 0.15) is 124 Å². The van der Waals surface area contributed by atoms with Gasteiger partial charge in [-0.05, 0) is 153 Å². The number of carbonyl (C=O) groups is 3. The van der Waals surface area contributed by atoms with Crippen molar-refractivity contribution in [2.24, 2.45) is 40.7 Å². The van der Waals surface area contributed by atoms with E-state index < -0.39 is 28.7 Å². The zero-order chi connectivity index (χ0) is 46.7. The number of esters is 1. The molecule has 67 heavy (non-hydrogen) atoms. The van der Waals surface area contributed by atoms with Crippen LogP contribution in [-0.2, 0) is 20.7 Å². The van der Waals surface area contributed by atoms with Crippen LogP contribution in [0.4, 0.5) is 0 Å². The van der Waals surface area contributed by atoms with Crippen molar-refractivity contribution in [3.05, 3.63) is 117 Å². The number of aliphatic hydroxyl groups is 1. The molecule has 1 aromatic carbocycles. The van der Waals surface area contributed by atoms with Crippen molar-refractivity contribution in [2.75, 3.05) is 33.4 Å². The molecule has 1 saturated heterocycles. The molecule has 358 valence electrons. The molecule has 1 saturated carbocycles. The Morgan fingerprint density at radius 1 is 1.06 bits per heavy atom. The Labute approximate surface area is 396 Å². The first kappa shape index (κ1) is 46.2. The van der Waals surface area contributed by atoms with E-state index in [-0.39, 0.29) is 66.4 Å². The third-order valence-corrected chi connectivity index (χ3v) is 17.2. The molecule has 0 radical (unpaired) electrons. The predicted molar refractivity (Wildman–Crippen MR) is 259 cm³/mol. The first-order chi connectivity index (χ1) is 32.4. The molecule has 4 bridgehead atoms. The van der Waals surface area contributed by atoms with Gasteiger partial charge in [0.15, 0.2) is 11.4 Å². The molecule has 10 rings (SSSR count). The van der Waals surface area contributed by atoms with E-state index in [9.17, 15) is 5.11 Å². The Bertz CT molecular complexity index is 2410. The maximum atomic E-state index is 15.6. The van der Waals surface area contributed by atoms with Crippen molar-refractivity contribution < 1.29 is 29.0 Å². The Hall–Kier alpha value is -4.59. The molecular formula is C55H72N6O6. The minimum Gasteiger partial charge on any atom is -0.463 e. The standard InChI is InChI=1S/C55H72N6O6/c1-5-58-44-24-35-12-8-11-34-10-6-7-20-53(3,26-33-15-18-45(56)60-29-33)27-38-13-9-14-42-47(38)50(64)55(52(65)66-31-39(44)23-43(34)35)54(67-55,49(42)63)28-40(30-62)32(2)22-36-16-17-37-25-46(57-4)61-51-48(37)41(36)19-21-59-51/h8-9,12-15,18-19,24,29,34,36-37,39,43-46,57-62H,5-7,10-11,16-17,20-23,25-28,30-31,56H2,1-4H3. The molecule has 2 fully saturated rings. The van der Waals surface area contributed by atoms with Gasteiger partial charge in [0.25, 0.3) is 5.60 Å². The van der Waals surface area contributed by atoms with Crippen LogP contribution in [0.5, 0.6) is 0 Å². The number of aliphatic hydroxyl groups excluding tert-OH is 1. The van der Waals surface area contributed by atoms with E-state index in [0.29, 0.717) is 36.2 Å². The summed E-state index contributed by atoms with van der Waals surface area (Å²) in [6, 6.07) is 5.52. The van der Waals surface area contributed by atoms with Gasteiger partial charge >= 0.3 is 5.97 Å². The van der Waals surface area contributed by atoms with Crippen LogP contribution < -0.4 is 32.3 Å². The highest BCUT2D eigenvalue weighted by Crippen LogP contribution is 2.60. The van der Waals surface area contributed by atoms with Crippen LogP contribution in [0, 0.1) is 35.0 Å². The van der Waals surface area contributed by atoms with Gasteiger partial charge < -0.3 is 46.9 Å². The number of ether oxygens (including phenoxy) is 2. The molecule has 5 heterocycles. The topological polar surface area (TPSA) is 179 Å². The Morgan fingerprint density at radius 3 is 2.72 bits per heavy atom. The summed E-state index contributed by atoms with van der Waals surface area (Å²) in [5, 5.41) is 28.7. The summed E-state index contributed by atoms with van der Waals surface area (Å²) in [6.07, 6.45) is 26.2. The molecule has 1 spiro atoms. The smallest absolute Gasteiger partial charge is 0.350 e. The van der Waals surface area contributed by atoms with E-state index in [1.54, 1.807) is 6.07 Å². The summed E-state index contributed by atoms with van der Waals surface area (Å²) in [6.45, 7) is 7.66. The molecule has 4 aliphatic carbocycles. The summed E-state index contributed by atoms with van der Waals surface area (Å²) in [7, 11) is 1.99. The normalized spacial score (nSPS) is 36.9. The van der Waals surface area contributed by atoms with Crippen molar-refractivity contribution in [1.82, 2.24) is 26.6 Å². The molecule has 5 aliphatic heterocycles. The fourth-order valence-corrected chi connectivity index (χ4v) is 13.7. The number of benzene rings is 1. The second kappa shape index (κ2) is 18.4. The van der Waals surface area contributed by atoms with E-state index in [1.165, 1.54) is 16.7 Å². The molecule has 11 unspecified atom stereocenters. The van der Waals surface area contributed by atoms with E-state index in [4.69, 9.17) is 15.2 Å². The third-order valence-electron chi connectivity index (χ3n) is 17.2. The van der Waals surface area contributed by atoms with Crippen LogP contribution in [0.25, 0.3) is 0 Å². The van der Waals surface area contributed by atoms with Crippen LogP contribution >= 0.6 is 0 Å². The molecule has 11 atom stereocenters. The minimum atomic E-state index is -2.17. The number of nitrogens with two attached hydrogens (primary N) is 1. The zero-order valence-electron chi connectivity index (χ0n) is 40.0. The largest absolute Gasteiger partial charge is 0.463 e. The molecule has 12 nitrogen and oxygen atoms in total. The van der Waals surface area contributed by atoms with Crippen molar-refractivity contribution in [1.29, 1.82) is 0 Å². The lowest BCUT2D eigenvalue weighted by Gasteiger charge is -2.44. The lowest BCUT2D eigenvalue weighted by atomic mass is 9.67. The van der Waals surface area contributed by atoms with Crippen LogP contribution in [0.3, 0.4) is 0 Å². The van der Waals surface area contributed by atoms with Gasteiger partial charge in [-0.15, -0.1) is 0 Å². The van der Waals surface area contributed by atoms with Crippen molar-refractivity contribution in [2.45, 2.75) is 134 Å². The van der Waals surface area contributed by atoms with Gasteiger partial charge in [0.05, 0.1) is 25.5 Å². The van der Waals surface area contributed by atoms with Crippen molar-refractivity contribution in [3.63, 3.8) is 0 Å². The number of ketones is 2. The number of likely N-dealkylation sites (N-methyl/N-ethyl adjacent to an activating group) is 1. The minimum absolute atomic E-state index is 0.0153. The molecule has 0 aromatic heterocycles. The molecule has 0 amide bonds. The monoisotopic (exact) mass is 913 g/mol. The van der Waals surface area contributed by atoms with Crippen molar-refractivity contribution >= 4 is 17.5 Å². The summed E-state index contributed by atoms with van der Waals surface area (Å²) in [5.74, 6) is 0.874. The van der Waals surface area contributed by atoms with Crippen molar-refractivity contribution in [3.8, 4) is 0 Å². The highest BCUT2D eigenvalue weighted by atomic mass is 16.7. The van der Waals surface area contributed by atoms with Gasteiger partial charge in [-0.3, -0.25) is 9.59 Å². The van der Waals surface area contributed by atoms with Gasteiger partial charge in [-0.2, -0.15) is 0 Å². The number of nitrogens with one attached hydrogen (secondary N) is 5. The first-order valence-electron chi connectivity index (χ1n) is 25.4. The van der Waals surface area contributed by atoms with Gasteiger partial charge in [0.2, 0.25) is 5.78 Å². The van der Waals surface area contributed by atoms with E-state index in [2.05, 4.69) is 70.8 Å². The number of fused-ring (bicyclic) bond motifs is 1. The lowest BCUT2D eigenvalue weighted by molar-refractivity contribution is -0.150. The van der Waals surface area contributed by atoms with Crippen LogP contribution in [-0.4, -0.2) is 85.6 Å². The predicted octanol–water partition coefficient (Wildman–Crippen LogP) is 6.47. The Balaban J connectivity index is 1.02. The fourth-order valence-electron chi connectivity index (χ4n) is 13.7. The average molecular weight is 913 g/mol. The fraction of sp³-hybridized carbons (Fsp3) is 0.582. The second-order valence-corrected chi connectivity index (χ2v) is 21.6. The Kier molecular flexibility index (Phi) is 12.7. The molecular weight excluding hydrogens is 841 g/mol. The second-order valence-electron chi connectivity index (χ2n) is 21.6. The quantitative estimate of drug-likeness (QED) is 0.0590. The summed E-state index contributed by atoms with van der Waals surface area (Å²) >= 11 is 0. The first-order valence-corrected chi connectivity index (χ1v) is 25.4. The summed E-state index contributed by atoms with van der Waals surface area (Å²) in [5.41, 5.74) is 9.90. The Morgan fingerprint density at radius 2 is 1.93 bits per heavy atom. The highest BCUT2D eigenvalue weighted by Gasteiger charge is 2.86. The van der Waals surface area contributed by atoms with Crippen LogP contribution in [0.2, 0.25) is 0 Å². The summed E-state index contributed by atoms with van der Waals surface area (Å²) < 4.78 is 13.0. The number of Topliss-reactive ketones (excluding diaryl/α,β-unsaturated/α-hetero) is 2. The lowest BCUT2D eigenvalue weighted by Crippen LogP contribution is -2.52. The maximum Gasteiger partial charge on any atom is 0.350 e. The molecule has 9 aliphatic rings. The zero-order valence-corrected chi connectivity index (χ0v) is 40.0. The van der Waals surface area contributed by atoms with Gasteiger partial charge in [0, 0.05) is 42.3 Å². The number of cyclic esters (lactones) is 1. The van der Waals surface area contributed by atoms with Gasteiger partial charge in [-0.1, -0.05) is 80.8 Å². The van der Waals surface area contributed by atoms with Crippen LogP contribution in [0.15, 0.2) is 100 Å². The number of epoxide rings is 1. The van der Waals surface area contributed by atoms with Gasteiger partial charge in [-0.25, -0.2) is 4.79 Å². The number of dihydropyridines is 2. The number of hydrogen-bond donors (Lipinski definition) is 7. The third kappa shape index (κ3) is 8.22. The number of rotatable bonds is 10. The molecule has 8 N–H and O–H groups in total.